The first kappa shape index (κ1) is 17.5. The summed E-state index contributed by atoms with van der Waals surface area (Å²) in [6.45, 7) is 4.23. The maximum Gasteiger partial charge on any atom is 0.320 e. The lowest BCUT2D eigenvalue weighted by molar-refractivity contribution is 0.0635. The second-order valence-corrected chi connectivity index (χ2v) is 8.22. The van der Waals surface area contributed by atoms with Gasteiger partial charge in [-0.05, 0) is 60.1 Å². The van der Waals surface area contributed by atoms with Crippen molar-refractivity contribution in [2.24, 2.45) is 0 Å². The molecule has 3 amide bonds. The minimum atomic E-state index is 0.0978. The molecule has 5 nitrogen and oxygen atoms in total. The number of urea groups is 1. The molecule has 2 aliphatic heterocycles. The highest BCUT2D eigenvalue weighted by Crippen LogP contribution is 2.33. The number of rotatable bonds is 1. The Kier molecular flexibility index (Phi) is 4.46. The molecule has 0 aromatic heterocycles. The molecule has 0 atom stereocenters. The number of benzene rings is 2. The zero-order chi connectivity index (χ0) is 19.1. The van der Waals surface area contributed by atoms with Crippen LogP contribution in [0.15, 0.2) is 30.3 Å². The van der Waals surface area contributed by atoms with Crippen LogP contribution in [0, 0.1) is 0 Å². The Hall–Kier alpha value is -2.56. The average Bonchev–Trinajstić information content (AvgIpc) is 3.19. The molecule has 5 rings (SSSR count). The molecule has 0 spiro atoms. The van der Waals surface area contributed by atoms with E-state index in [-0.39, 0.29) is 11.9 Å². The minimum Gasteiger partial charge on any atom is -0.335 e. The number of carbonyl (C=O) groups excluding carboxylic acids is 2. The standard InChI is InChI=1S/C23H27N3O2/c27-22(20-10-9-18-8-7-17-5-4-6-19(20)21(17)18)24-13-15-26(16-14-24)23(28)25-11-2-1-3-12-25/h4-6,9-10H,1-3,7-8,11-16H2. The molecule has 2 saturated heterocycles. The van der Waals surface area contributed by atoms with E-state index in [9.17, 15) is 9.59 Å². The van der Waals surface area contributed by atoms with Gasteiger partial charge in [-0.1, -0.05) is 24.3 Å². The summed E-state index contributed by atoms with van der Waals surface area (Å²) < 4.78 is 0. The van der Waals surface area contributed by atoms with Gasteiger partial charge in [0, 0.05) is 44.8 Å². The van der Waals surface area contributed by atoms with E-state index in [1.807, 2.05) is 20.8 Å². The van der Waals surface area contributed by atoms with E-state index in [2.05, 4.69) is 24.3 Å². The highest BCUT2D eigenvalue weighted by Gasteiger charge is 2.29. The molecule has 0 bridgehead atoms. The van der Waals surface area contributed by atoms with Crippen LogP contribution in [-0.2, 0) is 12.8 Å². The molecule has 2 aromatic carbocycles. The number of hydrogen-bond acceptors (Lipinski definition) is 2. The number of likely N-dealkylation sites (tertiary alicyclic amines) is 1. The molecular formula is C23H27N3O2. The smallest absolute Gasteiger partial charge is 0.320 e. The summed E-state index contributed by atoms with van der Waals surface area (Å²) in [5.41, 5.74) is 3.52. The van der Waals surface area contributed by atoms with E-state index >= 15 is 0 Å². The average molecular weight is 377 g/mol. The van der Waals surface area contributed by atoms with Crippen molar-refractivity contribution in [2.75, 3.05) is 39.3 Å². The van der Waals surface area contributed by atoms with Gasteiger partial charge >= 0.3 is 6.03 Å². The third-order valence-electron chi connectivity index (χ3n) is 6.57. The monoisotopic (exact) mass is 377 g/mol. The molecule has 0 saturated carbocycles. The molecule has 0 N–H and O–H groups in total. The van der Waals surface area contributed by atoms with Gasteiger partial charge in [0.15, 0.2) is 0 Å². The lowest BCUT2D eigenvalue weighted by atomic mass is 9.99. The minimum absolute atomic E-state index is 0.0978. The molecule has 0 unspecified atom stereocenters. The van der Waals surface area contributed by atoms with Gasteiger partial charge < -0.3 is 14.7 Å². The summed E-state index contributed by atoms with van der Waals surface area (Å²) in [6, 6.07) is 10.6. The highest BCUT2D eigenvalue weighted by atomic mass is 16.2. The molecule has 1 aliphatic carbocycles. The quantitative estimate of drug-likeness (QED) is 0.765. The van der Waals surface area contributed by atoms with Gasteiger partial charge in [-0.15, -0.1) is 0 Å². The first-order valence-corrected chi connectivity index (χ1v) is 10.6. The molecule has 5 heteroatoms. The second-order valence-electron chi connectivity index (χ2n) is 8.22. The van der Waals surface area contributed by atoms with Crippen molar-refractivity contribution in [1.29, 1.82) is 0 Å². The number of carbonyl (C=O) groups is 2. The van der Waals surface area contributed by atoms with Crippen LogP contribution < -0.4 is 0 Å². The normalized spacial score (nSPS) is 19.4. The van der Waals surface area contributed by atoms with Crippen LogP contribution in [-0.4, -0.2) is 65.9 Å². The van der Waals surface area contributed by atoms with Crippen LogP contribution in [0.5, 0.6) is 0 Å². The molecule has 2 fully saturated rings. The number of amides is 3. The number of hydrogen-bond donors (Lipinski definition) is 0. The summed E-state index contributed by atoms with van der Waals surface area (Å²) in [5.74, 6) is 0.0978. The van der Waals surface area contributed by atoms with Crippen molar-refractivity contribution in [3.8, 4) is 0 Å². The lowest BCUT2D eigenvalue weighted by Gasteiger charge is -2.38. The molecule has 146 valence electrons. The molecule has 2 aromatic rings. The first-order valence-electron chi connectivity index (χ1n) is 10.6. The SMILES string of the molecule is O=C(c1ccc2c3c(cccc13)CC2)N1CCN(C(=O)N2CCCCC2)CC1. The van der Waals surface area contributed by atoms with Crippen LogP contribution in [0.4, 0.5) is 4.79 Å². The molecular weight excluding hydrogens is 350 g/mol. The van der Waals surface area contributed by atoms with Crippen molar-refractivity contribution in [3.05, 3.63) is 47.0 Å². The number of aryl methyl sites for hydroxylation is 2. The molecule has 28 heavy (non-hydrogen) atoms. The lowest BCUT2D eigenvalue weighted by Crippen LogP contribution is -2.54. The van der Waals surface area contributed by atoms with Crippen molar-refractivity contribution < 1.29 is 9.59 Å². The Bertz CT molecular complexity index is 915. The fourth-order valence-electron chi connectivity index (χ4n) is 4.99. The fraction of sp³-hybridized carbons (Fsp3) is 0.478. The van der Waals surface area contributed by atoms with Crippen LogP contribution in [0.2, 0.25) is 0 Å². The summed E-state index contributed by atoms with van der Waals surface area (Å²) >= 11 is 0. The van der Waals surface area contributed by atoms with E-state index in [4.69, 9.17) is 0 Å². The Morgan fingerprint density at radius 2 is 1.32 bits per heavy atom. The number of piperazine rings is 1. The third kappa shape index (κ3) is 2.93. The Morgan fingerprint density at radius 3 is 2.07 bits per heavy atom. The predicted octanol–water partition coefficient (Wildman–Crippen LogP) is 3.30. The molecule has 2 heterocycles. The summed E-state index contributed by atoms with van der Waals surface area (Å²) in [4.78, 5) is 31.8. The molecule has 0 radical (unpaired) electrons. The van der Waals surface area contributed by atoms with Gasteiger partial charge in [0.25, 0.3) is 5.91 Å². The number of nitrogens with zero attached hydrogens (tertiary/aromatic N) is 3. The van der Waals surface area contributed by atoms with Gasteiger partial charge in [-0.2, -0.15) is 0 Å². The predicted molar refractivity (Wildman–Crippen MR) is 110 cm³/mol. The van der Waals surface area contributed by atoms with E-state index in [1.54, 1.807) is 0 Å². The maximum absolute atomic E-state index is 13.2. The van der Waals surface area contributed by atoms with Gasteiger partial charge in [0.2, 0.25) is 0 Å². The maximum atomic E-state index is 13.2. The summed E-state index contributed by atoms with van der Waals surface area (Å²) in [5, 5.41) is 2.37. The van der Waals surface area contributed by atoms with Gasteiger partial charge in [0.05, 0.1) is 0 Å². The summed E-state index contributed by atoms with van der Waals surface area (Å²) in [7, 11) is 0. The van der Waals surface area contributed by atoms with Crippen molar-refractivity contribution in [3.63, 3.8) is 0 Å². The third-order valence-corrected chi connectivity index (χ3v) is 6.57. The largest absolute Gasteiger partial charge is 0.335 e. The Balaban J connectivity index is 1.30. The van der Waals surface area contributed by atoms with E-state index in [0.717, 1.165) is 49.7 Å². The zero-order valence-corrected chi connectivity index (χ0v) is 16.3. The summed E-state index contributed by atoms with van der Waals surface area (Å²) in [6.07, 6.45) is 5.58. The van der Waals surface area contributed by atoms with Crippen LogP contribution >= 0.6 is 0 Å². The second kappa shape index (κ2) is 7.12. The Morgan fingerprint density at radius 1 is 0.679 bits per heavy atom. The zero-order valence-electron chi connectivity index (χ0n) is 16.3. The van der Waals surface area contributed by atoms with Crippen LogP contribution in [0.25, 0.3) is 10.8 Å². The van der Waals surface area contributed by atoms with Gasteiger partial charge in [-0.3, -0.25) is 4.79 Å². The Labute approximate surface area is 165 Å². The van der Waals surface area contributed by atoms with Crippen LogP contribution in [0.1, 0.15) is 40.7 Å². The van der Waals surface area contributed by atoms with Crippen molar-refractivity contribution in [1.82, 2.24) is 14.7 Å². The van der Waals surface area contributed by atoms with E-state index in [1.165, 1.54) is 22.9 Å². The van der Waals surface area contributed by atoms with Crippen molar-refractivity contribution in [2.45, 2.75) is 32.1 Å². The molecule has 3 aliphatic rings. The fourth-order valence-corrected chi connectivity index (χ4v) is 4.99. The van der Waals surface area contributed by atoms with Crippen molar-refractivity contribution >= 4 is 22.7 Å². The van der Waals surface area contributed by atoms with E-state index in [0.29, 0.717) is 26.2 Å². The van der Waals surface area contributed by atoms with E-state index < -0.39 is 0 Å². The highest BCUT2D eigenvalue weighted by molar-refractivity contribution is 6.09. The van der Waals surface area contributed by atoms with Crippen LogP contribution in [0.3, 0.4) is 0 Å². The topological polar surface area (TPSA) is 43.9 Å². The van der Waals surface area contributed by atoms with Gasteiger partial charge in [-0.25, -0.2) is 4.79 Å². The van der Waals surface area contributed by atoms with Gasteiger partial charge in [0.1, 0.15) is 0 Å². The first-order chi connectivity index (χ1) is 13.7. The number of piperidine rings is 1.